The van der Waals surface area contributed by atoms with Crippen LogP contribution in [0.25, 0.3) is 10.8 Å². The maximum Gasteiger partial charge on any atom is 0.272 e. The molecule has 1 fully saturated rings. The average Bonchev–Trinajstić information content (AvgIpc) is 2.91. The fourth-order valence-electron chi connectivity index (χ4n) is 4.39. The van der Waals surface area contributed by atoms with Crippen molar-refractivity contribution < 1.29 is 14.0 Å². The molecule has 176 valence electrons. The van der Waals surface area contributed by atoms with Crippen LogP contribution >= 0.6 is 0 Å². The van der Waals surface area contributed by atoms with E-state index in [0.29, 0.717) is 60.2 Å². The smallest absolute Gasteiger partial charge is 0.272 e. The van der Waals surface area contributed by atoms with Crippen LogP contribution in [0.15, 0.2) is 77.6 Å². The molecule has 0 bridgehead atoms. The van der Waals surface area contributed by atoms with Crippen LogP contribution in [0.2, 0.25) is 0 Å². The lowest BCUT2D eigenvalue weighted by Crippen LogP contribution is -2.50. The molecule has 1 saturated heterocycles. The number of carbonyl (C=O) groups is 2. The van der Waals surface area contributed by atoms with E-state index in [1.165, 1.54) is 6.07 Å². The molecule has 1 N–H and O–H groups in total. The molecule has 7 nitrogen and oxygen atoms in total. The number of nitrogens with zero attached hydrogens (tertiary/aromatic N) is 3. The van der Waals surface area contributed by atoms with Crippen LogP contribution in [0, 0.1) is 5.82 Å². The Labute approximate surface area is 200 Å². The molecule has 2 heterocycles. The van der Waals surface area contributed by atoms with E-state index < -0.39 is 11.7 Å². The highest BCUT2D eigenvalue weighted by molar-refractivity contribution is 5.96. The Morgan fingerprint density at radius 1 is 0.829 bits per heavy atom. The molecule has 1 aromatic heterocycles. The molecule has 0 atom stereocenters. The van der Waals surface area contributed by atoms with E-state index in [2.05, 4.69) is 10.2 Å². The Kier molecular flexibility index (Phi) is 6.10. The first-order chi connectivity index (χ1) is 17.0. The van der Waals surface area contributed by atoms with Crippen molar-refractivity contribution in [2.24, 2.45) is 0 Å². The second kappa shape index (κ2) is 9.50. The van der Waals surface area contributed by atoms with Gasteiger partial charge >= 0.3 is 0 Å². The topological polar surface area (TPSA) is 86.4 Å². The minimum absolute atomic E-state index is 0.0148. The van der Waals surface area contributed by atoms with Crippen molar-refractivity contribution >= 4 is 22.6 Å². The zero-order chi connectivity index (χ0) is 24.4. The molecule has 35 heavy (non-hydrogen) atoms. The molecule has 0 radical (unpaired) electrons. The van der Waals surface area contributed by atoms with Gasteiger partial charge in [-0.05, 0) is 35.9 Å². The lowest BCUT2D eigenvalue weighted by molar-refractivity contribution is 0.0532. The summed E-state index contributed by atoms with van der Waals surface area (Å²) in [6.07, 6.45) is 0.331. The van der Waals surface area contributed by atoms with E-state index in [1.807, 2.05) is 30.3 Å². The number of aromatic nitrogens is 2. The standard InChI is InChI=1S/C27H23FN4O3/c28-23-11-10-18(17-24-20-8-4-5-9-21(20)25(33)30-29-24)16-22(23)27(35)32-14-12-31(13-15-32)26(34)19-6-2-1-3-7-19/h1-11,16H,12-15,17H2,(H,30,33). The first-order valence-electron chi connectivity index (χ1n) is 11.4. The number of carbonyl (C=O) groups excluding carboxylic acids is 2. The van der Waals surface area contributed by atoms with Crippen molar-refractivity contribution in [1.29, 1.82) is 0 Å². The number of H-pyrrole nitrogens is 1. The van der Waals surface area contributed by atoms with E-state index in [1.54, 1.807) is 46.2 Å². The third-order valence-electron chi connectivity index (χ3n) is 6.28. The molecule has 0 saturated carbocycles. The van der Waals surface area contributed by atoms with Gasteiger partial charge in [0.25, 0.3) is 17.4 Å². The highest BCUT2D eigenvalue weighted by Crippen LogP contribution is 2.20. The Balaban J connectivity index is 1.32. The summed E-state index contributed by atoms with van der Waals surface area (Å²) >= 11 is 0. The van der Waals surface area contributed by atoms with Crippen molar-refractivity contribution in [2.45, 2.75) is 6.42 Å². The van der Waals surface area contributed by atoms with Gasteiger partial charge in [-0.2, -0.15) is 5.10 Å². The average molecular weight is 471 g/mol. The molecule has 0 aliphatic carbocycles. The SMILES string of the molecule is O=C(c1ccccc1)N1CCN(C(=O)c2cc(Cc3n[nH]c(=O)c4ccccc34)ccc2F)CC1. The quantitative estimate of drug-likeness (QED) is 0.496. The third kappa shape index (κ3) is 4.55. The molecular weight excluding hydrogens is 447 g/mol. The molecule has 3 aromatic carbocycles. The number of amides is 2. The Bertz CT molecular complexity index is 1460. The number of hydrogen-bond donors (Lipinski definition) is 1. The number of halogens is 1. The highest BCUT2D eigenvalue weighted by Gasteiger charge is 2.27. The second-order valence-corrected chi connectivity index (χ2v) is 8.49. The van der Waals surface area contributed by atoms with Crippen LogP contribution < -0.4 is 5.56 Å². The van der Waals surface area contributed by atoms with Gasteiger partial charge in [0.05, 0.1) is 16.6 Å². The fraction of sp³-hybridized carbons (Fsp3) is 0.185. The number of fused-ring (bicyclic) bond motifs is 1. The minimum atomic E-state index is -0.596. The zero-order valence-corrected chi connectivity index (χ0v) is 18.9. The summed E-state index contributed by atoms with van der Waals surface area (Å²) in [4.78, 5) is 41.1. The van der Waals surface area contributed by atoms with Crippen molar-refractivity contribution in [2.75, 3.05) is 26.2 Å². The molecule has 1 aliphatic rings. The van der Waals surface area contributed by atoms with E-state index >= 15 is 0 Å². The van der Waals surface area contributed by atoms with Crippen LogP contribution in [0.1, 0.15) is 32.0 Å². The Hall–Kier alpha value is -4.33. The summed E-state index contributed by atoms with van der Waals surface area (Å²) in [5, 5.41) is 7.92. The fourth-order valence-corrected chi connectivity index (χ4v) is 4.39. The molecule has 2 amide bonds. The summed E-state index contributed by atoms with van der Waals surface area (Å²) in [6, 6.07) is 20.6. The predicted octanol–water partition coefficient (Wildman–Crippen LogP) is 3.25. The molecule has 4 aromatic rings. The van der Waals surface area contributed by atoms with Gasteiger partial charge in [-0.3, -0.25) is 14.4 Å². The van der Waals surface area contributed by atoms with Crippen LogP contribution in [0.4, 0.5) is 4.39 Å². The molecule has 0 spiro atoms. The number of nitrogens with one attached hydrogen (secondary N) is 1. The maximum atomic E-state index is 14.7. The van der Waals surface area contributed by atoms with Crippen molar-refractivity contribution in [3.05, 3.63) is 111 Å². The van der Waals surface area contributed by atoms with E-state index in [0.717, 1.165) is 0 Å². The maximum absolute atomic E-state index is 14.7. The van der Waals surface area contributed by atoms with Gasteiger partial charge in [-0.1, -0.05) is 42.5 Å². The normalized spacial score (nSPS) is 13.7. The van der Waals surface area contributed by atoms with Crippen LogP contribution in [0.3, 0.4) is 0 Å². The van der Waals surface area contributed by atoms with Gasteiger partial charge in [0.15, 0.2) is 0 Å². The lowest BCUT2D eigenvalue weighted by atomic mass is 10.0. The number of piperazine rings is 1. The van der Waals surface area contributed by atoms with Crippen molar-refractivity contribution in [1.82, 2.24) is 20.0 Å². The summed E-state index contributed by atoms with van der Waals surface area (Å²) < 4.78 is 14.7. The molecule has 8 heteroatoms. The second-order valence-electron chi connectivity index (χ2n) is 8.49. The zero-order valence-electron chi connectivity index (χ0n) is 18.9. The first-order valence-corrected chi connectivity index (χ1v) is 11.4. The van der Waals surface area contributed by atoms with Crippen LogP contribution in [-0.4, -0.2) is 58.0 Å². The lowest BCUT2D eigenvalue weighted by Gasteiger charge is -2.35. The molecular formula is C27H23FN4O3. The number of aromatic amines is 1. The van der Waals surface area contributed by atoms with E-state index in [9.17, 15) is 18.8 Å². The van der Waals surface area contributed by atoms with Crippen molar-refractivity contribution in [3.8, 4) is 0 Å². The predicted molar refractivity (Wildman–Crippen MR) is 130 cm³/mol. The molecule has 0 unspecified atom stereocenters. The van der Waals surface area contributed by atoms with Gasteiger partial charge in [-0.25, -0.2) is 9.49 Å². The number of benzene rings is 3. The van der Waals surface area contributed by atoms with Gasteiger partial charge in [0.2, 0.25) is 0 Å². The molecule has 1 aliphatic heterocycles. The van der Waals surface area contributed by atoms with E-state index in [4.69, 9.17) is 0 Å². The minimum Gasteiger partial charge on any atom is -0.335 e. The Morgan fingerprint density at radius 3 is 2.17 bits per heavy atom. The Morgan fingerprint density at radius 2 is 1.46 bits per heavy atom. The monoisotopic (exact) mass is 470 g/mol. The van der Waals surface area contributed by atoms with Crippen LogP contribution in [-0.2, 0) is 6.42 Å². The van der Waals surface area contributed by atoms with Gasteiger partial charge in [0.1, 0.15) is 5.82 Å². The summed E-state index contributed by atoms with van der Waals surface area (Å²) in [7, 11) is 0. The molecule has 5 rings (SSSR count). The largest absolute Gasteiger partial charge is 0.335 e. The highest BCUT2D eigenvalue weighted by atomic mass is 19.1. The first kappa shape index (κ1) is 22.5. The van der Waals surface area contributed by atoms with Crippen molar-refractivity contribution in [3.63, 3.8) is 0 Å². The van der Waals surface area contributed by atoms with Gasteiger partial charge in [0, 0.05) is 43.5 Å². The van der Waals surface area contributed by atoms with Gasteiger partial charge < -0.3 is 9.80 Å². The number of hydrogen-bond acceptors (Lipinski definition) is 4. The third-order valence-corrected chi connectivity index (χ3v) is 6.28. The van der Waals surface area contributed by atoms with Crippen LogP contribution in [0.5, 0.6) is 0 Å². The summed E-state index contributed by atoms with van der Waals surface area (Å²) in [5.41, 5.74) is 1.66. The van der Waals surface area contributed by atoms with Gasteiger partial charge in [-0.15, -0.1) is 0 Å². The van der Waals surface area contributed by atoms with E-state index in [-0.39, 0.29) is 17.0 Å². The summed E-state index contributed by atoms with van der Waals surface area (Å²) in [5.74, 6) is -1.08. The number of rotatable bonds is 4. The summed E-state index contributed by atoms with van der Waals surface area (Å²) in [6.45, 7) is 1.42.